The van der Waals surface area contributed by atoms with Crippen LogP contribution in [-0.4, -0.2) is 37.0 Å². The topological polar surface area (TPSA) is 70.7 Å². The molecular formula is C26H27N3O3. The Bertz CT molecular complexity index is 1080. The minimum atomic E-state index is -0.293. The lowest BCUT2D eigenvalue weighted by molar-refractivity contribution is 0.0721. The lowest BCUT2D eigenvalue weighted by Crippen LogP contribution is -2.33. The van der Waals surface area contributed by atoms with Crippen molar-refractivity contribution in [3.05, 3.63) is 101 Å². The molecule has 3 aromatic carbocycles. The third-order valence-electron chi connectivity index (χ3n) is 5.53. The standard InChI is InChI=1S/C26H27N3O3/c1-32-16-8-15-29-24(22-13-5-6-14-23(22)26(29)31)28-21-12-7-11-20(17-21)25(30)27-18-19-9-3-2-4-10-19/h2-7,9-14,17,24,28H,8,15-16,18H2,1H3,(H,27,30). The van der Waals surface area contributed by atoms with Crippen LogP contribution in [0.4, 0.5) is 5.69 Å². The Morgan fingerprint density at radius 2 is 1.78 bits per heavy atom. The number of methoxy groups -OCH3 is 1. The van der Waals surface area contributed by atoms with E-state index in [4.69, 9.17) is 4.74 Å². The number of fused-ring (bicyclic) bond motifs is 1. The van der Waals surface area contributed by atoms with E-state index in [1.807, 2.05) is 77.7 Å². The SMILES string of the molecule is COCCCN1C(=O)c2ccccc2C1Nc1cccc(C(=O)NCc2ccccc2)c1. The molecule has 0 saturated heterocycles. The van der Waals surface area contributed by atoms with Crippen LogP contribution in [-0.2, 0) is 11.3 Å². The fourth-order valence-corrected chi connectivity index (χ4v) is 3.92. The van der Waals surface area contributed by atoms with E-state index in [2.05, 4.69) is 10.6 Å². The van der Waals surface area contributed by atoms with E-state index in [1.54, 1.807) is 13.2 Å². The first-order valence-electron chi connectivity index (χ1n) is 10.7. The average Bonchev–Trinajstić information content (AvgIpc) is 3.10. The summed E-state index contributed by atoms with van der Waals surface area (Å²) in [7, 11) is 1.66. The third-order valence-corrected chi connectivity index (χ3v) is 5.53. The molecule has 1 aliphatic heterocycles. The molecule has 1 aliphatic rings. The van der Waals surface area contributed by atoms with Gasteiger partial charge >= 0.3 is 0 Å². The van der Waals surface area contributed by atoms with E-state index in [9.17, 15) is 9.59 Å². The molecule has 0 aromatic heterocycles. The molecular weight excluding hydrogens is 402 g/mol. The molecule has 6 nitrogen and oxygen atoms in total. The van der Waals surface area contributed by atoms with E-state index < -0.39 is 0 Å². The Balaban J connectivity index is 1.49. The first-order chi connectivity index (χ1) is 15.7. The van der Waals surface area contributed by atoms with Gasteiger partial charge in [-0.25, -0.2) is 0 Å². The predicted molar refractivity (Wildman–Crippen MR) is 124 cm³/mol. The van der Waals surface area contributed by atoms with E-state index in [0.29, 0.717) is 30.8 Å². The minimum Gasteiger partial charge on any atom is -0.385 e. The number of nitrogens with zero attached hydrogens (tertiary/aromatic N) is 1. The summed E-state index contributed by atoms with van der Waals surface area (Å²) in [5.41, 5.74) is 4.04. The van der Waals surface area contributed by atoms with Crippen molar-refractivity contribution in [3.63, 3.8) is 0 Å². The molecule has 0 fully saturated rings. The molecule has 32 heavy (non-hydrogen) atoms. The maximum Gasteiger partial charge on any atom is 0.256 e. The number of carbonyl (C=O) groups excluding carboxylic acids is 2. The van der Waals surface area contributed by atoms with Gasteiger partial charge in [0.25, 0.3) is 11.8 Å². The number of nitrogens with one attached hydrogen (secondary N) is 2. The van der Waals surface area contributed by atoms with Crippen LogP contribution in [0.5, 0.6) is 0 Å². The van der Waals surface area contributed by atoms with Crippen molar-refractivity contribution in [2.24, 2.45) is 0 Å². The molecule has 2 N–H and O–H groups in total. The van der Waals surface area contributed by atoms with Crippen molar-refractivity contribution >= 4 is 17.5 Å². The van der Waals surface area contributed by atoms with E-state index in [0.717, 1.165) is 23.2 Å². The van der Waals surface area contributed by atoms with Gasteiger partial charge in [-0.2, -0.15) is 0 Å². The maximum absolute atomic E-state index is 13.0. The summed E-state index contributed by atoms with van der Waals surface area (Å²) in [6.07, 6.45) is 0.453. The molecule has 0 spiro atoms. The van der Waals surface area contributed by atoms with Crippen LogP contribution in [0.2, 0.25) is 0 Å². The number of amides is 2. The second-order valence-corrected chi connectivity index (χ2v) is 7.73. The van der Waals surface area contributed by atoms with Gasteiger partial charge in [-0.15, -0.1) is 0 Å². The highest BCUT2D eigenvalue weighted by Crippen LogP contribution is 2.34. The van der Waals surface area contributed by atoms with Gasteiger partial charge < -0.3 is 20.3 Å². The summed E-state index contributed by atoms with van der Waals surface area (Å²) in [5, 5.41) is 6.41. The summed E-state index contributed by atoms with van der Waals surface area (Å²) in [6, 6.07) is 24.8. The first-order valence-corrected chi connectivity index (χ1v) is 10.7. The Morgan fingerprint density at radius 1 is 1.00 bits per heavy atom. The predicted octanol–water partition coefficient (Wildman–Crippen LogP) is 4.22. The number of ether oxygens (including phenoxy) is 1. The number of benzene rings is 3. The van der Waals surface area contributed by atoms with Crippen LogP contribution in [0.3, 0.4) is 0 Å². The molecule has 2 amide bonds. The van der Waals surface area contributed by atoms with E-state index >= 15 is 0 Å². The summed E-state index contributed by atoms with van der Waals surface area (Å²) in [6.45, 7) is 1.63. The van der Waals surface area contributed by atoms with Gasteiger partial charge in [-0.1, -0.05) is 54.6 Å². The number of carbonyl (C=O) groups is 2. The molecule has 1 unspecified atom stereocenters. The third kappa shape index (κ3) is 4.81. The fourth-order valence-electron chi connectivity index (χ4n) is 3.92. The fraction of sp³-hybridized carbons (Fsp3) is 0.231. The largest absolute Gasteiger partial charge is 0.385 e. The molecule has 1 atom stereocenters. The van der Waals surface area contributed by atoms with Crippen molar-refractivity contribution in [1.82, 2.24) is 10.2 Å². The highest BCUT2D eigenvalue weighted by Gasteiger charge is 2.36. The lowest BCUT2D eigenvalue weighted by Gasteiger charge is -2.27. The number of rotatable bonds is 9. The molecule has 1 heterocycles. The van der Waals surface area contributed by atoms with Gasteiger partial charge in [-0.05, 0) is 36.2 Å². The number of hydrogen-bond donors (Lipinski definition) is 2. The Morgan fingerprint density at radius 3 is 2.59 bits per heavy atom. The molecule has 0 bridgehead atoms. The van der Waals surface area contributed by atoms with Crippen LogP contribution in [0.1, 0.15) is 44.4 Å². The lowest BCUT2D eigenvalue weighted by atomic mass is 10.1. The van der Waals surface area contributed by atoms with Crippen LogP contribution in [0.25, 0.3) is 0 Å². The first kappa shape index (κ1) is 21.6. The zero-order valence-corrected chi connectivity index (χ0v) is 18.1. The van der Waals surface area contributed by atoms with Crippen LogP contribution < -0.4 is 10.6 Å². The van der Waals surface area contributed by atoms with Crippen LogP contribution in [0, 0.1) is 0 Å². The summed E-state index contributed by atoms with van der Waals surface area (Å²) in [4.78, 5) is 27.5. The second-order valence-electron chi connectivity index (χ2n) is 7.73. The van der Waals surface area contributed by atoms with E-state index in [-0.39, 0.29) is 18.0 Å². The average molecular weight is 430 g/mol. The zero-order valence-electron chi connectivity index (χ0n) is 18.1. The quantitative estimate of drug-likeness (QED) is 0.500. The van der Waals surface area contributed by atoms with Gasteiger partial charge in [0.2, 0.25) is 0 Å². The van der Waals surface area contributed by atoms with Crippen molar-refractivity contribution < 1.29 is 14.3 Å². The molecule has 6 heteroatoms. The van der Waals surface area contributed by atoms with Gasteiger partial charge in [0.05, 0.1) is 0 Å². The van der Waals surface area contributed by atoms with Gasteiger partial charge in [-0.3, -0.25) is 9.59 Å². The highest BCUT2D eigenvalue weighted by molar-refractivity contribution is 5.99. The summed E-state index contributed by atoms with van der Waals surface area (Å²) >= 11 is 0. The van der Waals surface area contributed by atoms with Crippen molar-refractivity contribution in [2.75, 3.05) is 25.6 Å². The second kappa shape index (κ2) is 10.1. The molecule has 3 aromatic rings. The van der Waals surface area contributed by atoms with Crippen molar-refractivity contribution in [2.45, 2.75) is 19.1 Å². The molecule has 164 valence electrons. The summed E-state index contributed by atoms with van der Waals surface area (Å²) < 4.78 is 5.16. The monoisotopic (exact) mass is 429 g/mol. The zero-order chi connectivity index (χ0) is 22.3. The molecule has 0 saturated carbocycles. The van der Waals surface area contributed by atoms with Crippen LogP contribution >= 0.6 is 0 Å². The Hall–Kier alpha value is -3.64. The molecule has 4 rings (SSSR count). The minimum absolute atomic E-state index is 0.00552. The summed E-state index contributed by atoms with van der Waals surface area (Å²) in [5.74, 6) is -0.136. The normalized spacial score (nSPS) is 14.8. The Labute approximate surface area is 188 Å². The maximum atomic E-state index is 13.0. The van der Waals surface area contributed by atoms with Gasteiger partial charge in [0, 0.05) is 49.2 Å². The van der Waals surface area contributed by atoms with Crippen molar-refractivity contribution in [3.8, 4) is 0 Å². The highest BCUT2D eigenvalue weighted by atomic mass is 16.5. The van der Waals surface area contributed by atoms with Gasteiger partial charge in [0.15, 0.2) is 0 Å². The van der Waals surface area contributed by atoms with E-state index in [1.165, 1.54) is 0 Å². The van der Waals surface area contributed by atoms with Crippen molar-refractivity contribution in [1.29, 1.82) is 0 Å². The Kier molecular flexibility index (Phi) is 6.82. The van der Waals surface area contributed by atoms with Gasteiger partial charge in [0.1, 0.15) is 6.17 Å². The molecule has 0 aliphatic carbocycles. The number of hydrogen-bond acceptors (Lipinski definition) is 4. The van der Waals surface area contributed by atoms with Crippen LogP contribution in [0.15, 0.2) is 78.9 Å². The number of anilines is 1. The smallest absolute Gasteiger partial charge is 0.256 e. The molecule has 0 radical (unpaired) electrons.